The zero-order valence-corrected chi connectivity index (χ0v) is 15.4. The Hall–Kier alpha value is -1.96. The van der Waals surface area contributed by atoms with Crippen LogP contribution in [0.15, 0.2) is 53.3 Å². The number of hydrogen-bond acceptors (Lipinski definition) is 2. The van der Waals surface area contributed by atoms with E-state index in [-0.39, 0.29) is 12.2 Å². The molecule has 25 heavy (non-hydrogen) atoms. The molecule has 0 aromatic heterocycles. The van der Waals surface area contributed by atoms with Gasteiger partial charge < -0.3 is 9.47 Å². The molecule has 2 atom stereocenters. The predicted molar refractivity (Wildman–Crippen MR) is 102 cm³/mol. The van der Waals surface area contributed by atoms with E-state index in [0.717, 1.165) is 56.5 Å². The number of ether oxygens (including phenoxy) is 2. The zero-order chi connectivity index (χ0) is 17.2. The van der Waals surface area contributed by atoms with Gasteiger partial charge in [0.15, 0.2) is 0 Å². The molecule has 0 amide bonds. The Kier molecular flexibility index (Phi) is 4.70. The molecule has 0 N–H and O–H groups in total. The molecule has 1 aromatic rings. The van der Waals surface area contributed by atoms with E-state index in [1.54, 1.807) is 0 Å². The maximum atomic E-state index is 6.64. The predicted octanol–water partition coefficient (Wildman–Crippen LogP) is 5.67. The maximum absolute atomic E-state index is 6.64. The lowest BCUT2D eigenvalue weighted by molar-refractivity contribution is 0.111. The number of para-hydroxylation sites is 1. The lowest BCUT2D eigenvalue weighted by atomic mass is 9.99. The quantitative estimate of drug-likeness (QED) is 0.657. The van der Waals surface area contributed by atoms with Crippen LogP contribution in [0.4, 0.5) is 0 Å². The summed E-state index contributed by atoms with van der Waals surface area (Å²) in [6.45, 7) is 4.39. The molecule has 2 unspecified atom stereocenters. The first kappa shape index (κ1) is 16.5. The Morgan fingerprint density at radius 3 is 2.76 bits per heavy atom. The summed E-state index contributed by atoms with van der Waals surface area (Å²) >= 11 is 0. The van der Waals surface area contributed by atoms with E-state index >= 15 is 0 Å². The van der Waals surface area contributed by atoms with Crippen molar-refractivity contribution in [3.05, 3.63) is 64.5 Å². The second-order valence-corrected chi connectivity index (χ2v) is 7.46. The van der Waals surface area contributed by atoms with Crippen LogP contribution >= 0.6 is 0 Å². The van der Waals surface area contributed by atoms with Crippen LogP contribution in [-0.2, 0) is 17.6 Å². The first-order valence-corrected chi connectivity index (χ1v) is 9.75. The molecule has 2 heterocycles. The van der Waals surface area contributed by atoms with Gasteiger partial charge in [-0.1, -0.05) is 43.4 Å². The van der Waals surface area contributed by atoms with E-state index in [0.29, 0.717) is 0 Å². The molecular formula is C23H28O2. The van der Waals surface area contributed by atoms with E-state index in [1.165, 1.54) is 22.3 Å². The third kappa shape index (κ3) is 3.40. The fourth-order valence-corrected chi connectivity index (χ4v) is 4.24. The van der Waals surface area contributed by atoms with Crippen molar-refractivity contribution in [2.24, 2.45) is 0 Å². The molecule has 132 valence electrons. The summed E-state index contributed by atoms with van der Waals surface area (Å²) in [7, 11) is 0. The smallest absolute Gasteiger partial charge is 0.126 e. The Bertz CT molecular complexity index is 738. The van der Waals surface area contributed by atoms with Crippen LogP contribution < -0.4 is 4.74 Å². The highest BCUT2D eigenvalue weighted by Gasteiger charge is 2.28. The van der Waals surface area contributed by atoms with Crippen molar-refractivity contribution in [3.8, 4) is 5.75 Å². The van der Waals surface area contributed by atoms with Gasteiger partial charge >= 0.3 is 0 Å². The number of allylic oxidation sites excluding steroid dienone is 4. The highest BCUT2D eigenvalue weighted by molar-refractivity contribution is 5.44. The molecule has 2 aliphatic heterocycles. The molecular weight excluding hydrogens is 308 g/mol. The van der Waals surface area contributed by atoms with E-state index in [9.17, 15) is 0 Å². The lowest BCUT2D eigenvalue weighted by Crippen LogP contribution is -2.21. The summed E-state index contributed by atoms with van der Waals surface area (Å²) in [5, 5.41) is 0. The Morgan fingerprint density at radius 2 is 1.92 bits per heavy atom. The van der Waals surface area contributed by atoms with Crippen LogP contribution in [0.2, 0.25) is 0 Å². The second kappa shape index (κ2) is 7.11. The zero-order valence-electron chi connectivity index (χ0n) is 15.4. The van der Waals surface area contributed by atoms with Crippen LogP contribution in [0.1, 0.15) is 57.1 Å². The molecule has 1 aliphatic carbocycles. The van der Waals surface area contributed by atoms with Crippen LogP contribution in [0, 0.1) is 0 Å². The van der Waals surface area contributed by atoms with Crippen molar-refractivity contribution in [2.75, 3.05) is 0 Å². The second-order valence-electron chi connectivity index (χ2n) is 7.46. The summed E-state index contributed by atoms with van der Waals surface area (Å²) in [6, 6.07) is 6.60. The maximum Gasteiger partial charge on any atom is 0.126 e. The summed E-state index contributed by atoms with van der Waals surface area (Å²) in [6.07, 6.45) is 14.5. The molecule has 4 rings (SSSR count). The molecule has 0 saturated carbocycles. The Balaban J connectivity index is 1.79. The minimum atomic E-state index is 0.228. The van der Waals surface area contributed by atoms with Crippen molar-refractivity contribution >= 4 is 0 Å². The lowest BCUT2D eigenvalue weighted by Gasteiger charge is -2.27. The average Bonchev–Trinajstić information content (AvgIpc) is 2.70. The molecule has 3 aliphatic rings. The van der Waals surface area contributed by atoms with Gasteiger partial charge in [-0.3, -0.25) is 0 Å². The molecule has 2 nitrogen and oxygen atoms in total. The van der Waals surface area contributed by atoms with Gasteiger partial charge in [0.25, 0.3) is 0 Å². The number of fused-ring (bicyclic) bond motifs is 5. The first-order valence-electron chi connectivity index (χ1n) is 9.75. The SMILES string of the molecule is CCc1cccc2c1OC1CCCC(C2)OC2=C(C=CCC=C2C)C1. The fraction of sp³-hybridized carbons (Fsp3) is 0.478. The Morgan fingerprint density at radius 1 is 1.08 bits per heavy atom. The molecule has 2 heteroatoms. The number of benzene rings is 1. The third-order valence-corrected chi connectivity index (χ3v) is 5.60. The van der Waals surface area contributed by atoms with E-state index in [4.69, 9.17) is 9.47 Å². The molecule has 0 spiro atoms. The van der Waals surface area contributed by atoms with Gasteiger partial charge in [0.05, 0.1) is 0 Å². The highest BCUT2D eigenvalue weighted by atomic mass is 16.5. The Labute approximate surface area is 151 Å². The van der Waals surface area contributed by atoms with Gasteiger partial charge in [-0.05, 0) is 61.3 Å². The minimum Gasteiger partial charge on any atom is -0.490 e. The number of aryl methyl sites for hydroxylation is 1. The van der Waals surface area contributed by atoms with Gasteiger partial charge in [-0.2, -0.15) is 0 Å². The normalized spacial score (nSPS) is 25.8. The monoisotopic (exact) mass is 336 g/mol. The molecule has 0 saturated heterocycles. The van der Waals surface area contributed by atoms with E-state index in [2.05, 4.69) is 50.3 Å². The standard InChI is InChI=1S/C23H28O2/c1-3-17-10-6-11-19-15-20-12-7-13-21(25-23(17)19)14-18-9-5-4-8-16(2)22(18)24-20/h5-6,8-11,20-21H,3-4,7,12-15H2,1-2H3. The fourth-order valence-electron chi connectivity index (χ4n) is 4.24. The first-order chi connectivity index (χ1) is 12.2. The van der Waals surface area contributed by atoms with Crippen LogP contribution in [0.5, 0.6) is 5.75 Å². The molecule has 0 radical (unpaired) electrons. The van der Waals surface area contributed by atoms with Gasteiger partial charge in [0, 0.05) is 12.8 Å². The molecule has 1 aromatic carbocycles. The van der Waals surface area contributed by atoms with Crippen molar-refractivity contribution in [1.82, 2.24) is 0 Å². The van der Waals surface area contributed by atoms with Crippen LogP contribution in [0.3, 0.4) is 0 Å². The van der Waals surface area contributed by atoms with Crippen molar-refractivity contribution in [2.45, 2.75) is 71.0 Å². The van der Waals surface area contributed by atoms with Gasteiger partial charge in [0.1, 0.15) is 23.7 Å². The third-order valence-electron chi connectivity index (χ3n) is 5.60. The summed E-state index contributed by atoms with van der Waals surface area (Å²) in [4.78, 5) is 0. The largest absolute Gasteiger partial charge is 0.490 e. The van der Waals surface area contributed by atoms with Gasteiger partial charge in [0.2, 0.25) is 0 Å². The van der Waals surface area contributed by atoms with E-state index < -0.39 is 0 Å². The molecule has 2 bridgehead atoms. The van der Waals surface area contributed by atoms with Crippen LogP contribution in [0.25, 0.3) is 0 Å². The van der Waals surface area contributed by atoms with Crippen molar-refractivity contribution in [3.63, 3.8) is 0 Å². The minimum absolute atomic E-state index is 0.228. The van der Waals surface area contributed by atoms with Crippen LogP contribution in [-0.4, -0.2) is 12.2 Å². The van der Waals surface area contributed by atoms with Gasteiger partial charge in [-0.15, -0.1) is 0 Å². The summed E-state index contributed by atoms with van der Waals surface area (Å²) in [5.41, 5.74) is 5.21. The van der Waals surface area contributed by atoms with Crippen molar-refractivity contribution in [1.29, 1.82) is 0 Å². The molecule has 0 fully saturated rings. The van der Waals surface area contributed by atoms with E-state index in [1.807, 2.05) is 0 Å². The summed E-state index contributed by atoms with van der Waals surface area (Å²) in [5.74, 6) is 2.23. The highest BCUT2D eigenvalue weighted by Crippen LogP contribution is 2.37. The average molecular weight is 336 g/mol. The number of hydrogen-bond donors (Lipinski definition) is 0. The van der Waals surface area contributed by atoms with Gasteiger partial charge in [-0.25, -0.2) is 0 Å². The summed E-state index contributed by atoms with van der Waals surface area (Å²) < 4.78 is 13.3. The number of rotatable bonds is 1. The topological polar surface area (TPSA) is 18.5 Å². The van der Waals surface area contributed by atoms with Crippen molar-refractivity contribution < 1.29 is 9.47 Å².